The lowest BCUT2D eigenvalue weighted by atomic mass is 10.0. The van der Waals surface area contributed by atoms with Gasteiger partial charge in [-0.05, 0) is 56.4 Å². The molecule has 2 heterocycles. The molecule has 0 aliphatic carbocycles. The number of rotatable bonds is 8. The third-order valence-corrected chi connectivity index (χ3v) is 7.64. The molecule has 0 radical (unpaired) electrons. The summed E-state index contributed by atoms with van der Waals surface area (Å²) >= 11 is 10.0. The molecular weight excluding hydrogens is 598 g/mol. The summed E-state index contributed by atoms with van der Waals surface area (Å²) in [5, 5.41) is 11.6. The van der Waals surface area contributed by atoms with Gasteiger partial charge in [0.15, 0.2) is 5.65 Å². The van der Waals surface area contributed by atoms with Gasteiger partial charge in [-0.2, -0.15) is 9.61 Å². The van der Waals surface area contributed by atoms with Crippen molar-refractivity contribution in [3.05, 3.63) is 142 Å². The van der Waals surface area contributed by atoms with Crippen LogP contribution in [0.1, 0.15) is 21.5 Å². The van der Waals surface area contributed by atoms with Crippen LogP contribution in [-0.4, -0.2) is 20.5 Å². The van der Waals surface area contributed by atoms with Gasteiger partial charge >= 0.3 is 0 Å². The fourth-order valence-electron chi connectivity index (χ4n) is 4.64. The zero-order chi connectivity index (χ0) is 28.2. The van der Waals surface area contributed by atoms with Gasteiger partial charge in [0.05, 0.1) is 16.4 Å². The average molecular weight is 623 g/mol. The van der Waals surface area contributed by atoms with Gasteiger partial charge in [-0.1, -0.05) is 96.5 Å². The van der Waals surface area contributed by atoms with E-state index in [9.17, 15) is 4.79 Å². The van der Waals surface area contributed by atoms with Crippen molar-refractivity contribution >= 4 is 44.9 Å². The normalized spacial score (nSPS) is 11.0. The van der Waals surface area contributed by atoms with Crippen LogP contribution in [0, 0.1) is 0 Å². The third kappa shape index (κ3) is 6.01. The Balaban J connectivity index is 1.14. The van der Waals surface area contributed by atoms with Gasteiger partial charge in [0.2, 0.25) is 0 Å². The predicted octanol–water partition coefficient (Wildman–Crippen LogP) is 8.02. The van der Waals surface area contributed by atoms with Crippen LogP contribution in [0.3, 0.4) is 0 Å². The van der Waals surface area contributed by atoms with Crippen molar-refractivity contribution in [3.63, 3.8) is 0 Å². The molecule has 4 aromatic carbocycles. The first-order valence-corrected chi connectivity index (χ1v) is 14.3. The highest BCUT2D eigenvalue weighted by Crippen LogP contribution is 2.30. The van der Waals surface area contributed by atoms with E-state index >= 15 is 0 Å². The smallest absolute Gasteiger partial charge is 0.251 e. The number of benzene rings is 4. The van der Waals surface area contributed by atoms with E-state index in [1.165, 1.54) is 0 Å². The molecule has 0 aliphatic rings. The molecule has 0 unspecified atom stereocenters. The number of nitrogens with one attached hydrogen (secondary N) is 2. The molecule has 0 bridgehead atoms. The number of fused-ring (bicyclic) bond motifs is 1. The van der Waals surface area contributed by atoms with E-state index in [0.717, 1.165) is 43.8 Å². The summed E-state index contributed by atoms with van der Waals surface area (Å²) in [6, 6.07) is 35.5. The van der Waals surface area contributed by atoms with Gasteiger partial charge in [0.25, 0.3) is 5.91 Å². The summed E-state index contributed by atoms with van der Waals surface area (Å²) < 4.78 is 2.55. The number of halogens is 2. The molecule has 41 heavy (non-hydrogen) atoms. The van der Waals surface area contributed by atoms with Gasteiger partial charge < -0.3 is 10.6 Å². The molecule has 6 aromatic rings. The van der Waals surface area contributed by atoms with Gasteiger partial charge in [-0.3, -0.25) is 4.79 Å². The average Bonchev–Trinajstić information content (AvgIpc) is 3.40. The highest BCUT2D eigenvalue weighted by atomic mass is 79.9. The number of aromatic nitrogens is 3. The van der Waals surface area contributed by atoms with E-state index in [1.54, 1.807) is 10.7 Å². The second-order valence-corrected chi connectivity index (χ2v) is 10.8. The summed E-state index contributed by atoms with van der Waals surface area (Å²) in [5.74, 6) is 0.678. The van der Waals surface area contributed by atoms with Gasteiger partial charge in [0, 0.05) is 35.3 Å². The SMILES string of the molecule is O=C(NCc1cccc(CNc2cc(-c3ccccc3Cl)nc3c(Br)cnn23)c1)c1ccc(-c2ccccc2)cc1. The predicted molar refractivity (Wildman–Crippen MR) is 168 cm³/mol. The molecule has 202 valence electrons. The minimum atomic E-state index is -0.108. The fourth-order valence-corrected chi connectivity index (χ4v) is 5.22. The number of hydrogen-bond donors (Lipinski definition) is 2. The standard InChI is InChI=1S/C33H25BrClN5O/c34-28-21-38-40-31(18-30(39-32(28)40)27-11-4-5-12-29(27)35)36-19-22-7-6-8-23(17-22)20-37-33(41)26-15-13-25(14-16-26)24-9-2-1-3-10-24/h1-18,21,36H,19-20H2,(H,37,41). The largest absolute Gasteiger partial charge is 0.366 e. The lowest BCUT2D eigenvalue weighted by Gasteiger charge is -2.13. The highest BCUT2D eigenvalue weighted by molar-refractivity contribution is 9.10. The number of nitrogens with zero attached hydrogens (tertiary/aromatic N) is 3. The fraction of sp³-hybridized carbons (Fsp3) is 0.0606. The molecule has 6 rings (SSSR count). The highest BCUT2D eigenvalue weighted by Gasteiger charge is 2.13. The van der Waals surface area contributed by atoms with Crippen LogP contribution in [0.15, 0.2) is 120 Å². The topological polar surface area (TPSA) is 71.3 Å². The van der Waals surface area contributed by atoms with Crippen molar-refractivity contribution in [1.29, 1.82) is 0 Å². The maximum atomic E-state index is 12.8. The Morgan fingerprint density at radius 3 is 2.29 bits per heavy atom. The van der Waals surface area contributed by atoms with Gasteiger partial charge in [-0.25, -0.2) is 4.98 Å². The van der Waals surface area contributed by atoms with Crippen molar-refractivity contribution in [2.45, 2.75) is 13.1 Å². The first-order chi connectivity index (χ1) is 20.0. The van der Waals surface area contributed by atoms with Gasteiger partial charge in [-0.15, -0.1) is 0 Å². The van der Waals surface area contributed by atoms with Crippen LogP contribution < -0.4 is 10.6 Å². The number of carbonyl (C=O) groups excluding carboxylic acids is 1. The maximum Gasteiger partial charge on any atom is 0.251 e. The molecule has 2 N–H and O–H groups in total. The Labute approximate surface area is 251 Å². The van der Waals surface area contributed by atoms with E-state index in [1.807, 2.05) is 91.0 Å². The molecular formula is C33H25BrClN5O. The van der Waals surface area contributed by atoms with Crippen molar-refractivity contribution in [1.82, 2.24) is 19.9 Å². The van der Waals surface area contributed by atoms with Crippen molar-refractivity contribution in [2.24, 2.45) is 0 Å². The molecule has 8 heteroatoms. The van der Waals surface area contributed by atoms with Crippen LogP contribution in [0.4, 0.5) is 5.82 Å². The van der Waals surface area contributed by atoms with Crippen LogP contribution in [0.25, 0.3) is 28.0 Å². The Bertz CT molecular complexity index is 1840. The lowest BCUT2D eigenvalue weighted by Crippen LogP contribution is -2.22. The van der Waals surface area contributed by atoms with Crippen LogP contribution >= 0.6 is 27.5 Å². The summed E-state index contributed by atoms with van der Waals surface area (Å²) in [4.78, 5) is 17.6. The Morgan fingerprint density at radius 1 is 0.805 bits per heavy atom. The van der Waals surface area contributed by atoms with Gasteiger partial charge in [0.1, 0.15) is 5.82 Å². The van der Waals surface area contributed by atoms with E-state index < -0.39 is 0 Å². The van der Waals surface area contributed by atoms with Crippen molar-refractivity contribution in [2.75, 3.05) is 5.32 Å². The lowest BCUT2D eigenvalue weighted by molar-refractivity contribution is 0.0951. The Hall–Kier alpha value is -4.46. The Morgan fingerprint density at radius 2 is 1.51 bits per heavy atom. The second kappa shape index (κ2) is 12.0. The van der Waals surface area contributed by atoms with Crippen molar-refractivity contribution < 1.29 is 4.79 Å². The summed E-state index contributed by atoms with van der Waals surface area (Å²) in [7, 11) is 0. The molecule has 0 aliphatic heterocycles. The number of carbonyl (C=O) groups is 1. The second-order valence-electron chi connectivity index (χ2n) is 9.53. The van der Waals surface area contributed by atoms with E-state index in [-0.39, 0.29) is 5.91 Å². The molecule has 1 amide bonds. The zero-order valence-corrected chi connectivity index (χ0v) is 24.2. The molecule has 2 aromatic heterocycles. The maximum absolute atomic E-state index is 12.8. The molecule has 0 fully saturated rings. The summed E-state index contributed by atoms with van der Waals surface area (Å²) in [6.45, 7) is 0.983. The quantitative estimate of drug-likeness (QED) is 0.180. The molecule has 0 saturated carbocycles. The van der Waals surface area contributed by atoms with Crippen LogP contribution in [0.2, 0.25) is 5.02 Å². The van der Waals surface area contributed by atoms with E-state index in [4.69, 9.17) is 16.6 Å². The van der Waals surface area contributed by atoms with Crippen molar-refractivity contribution in [3.8, 4) is 22.4 Å². The molecule has 0 saturated heterocycles. The minimum Gasteiger partial charge on any atom is -0.366 e. The summed E-state index contributed by atoms with van der Waals surface area (Å²) in [6.07, 6.45) is 1.72. The van der Waals surface area contributed by atoms with Crippen LogP contribution in [-0.2, 0) is 13.1 Å². The summed E-state index contributed by atoms with van der Waals surface area (Å²) in [5.41, 5.74) is 7.20. The minimum absolute atomic E-state index is 0.108. The monoisotopic (exact) mass is 621 g/mol. The first kappa shape index (κ1) is 26.7. The van der Waals surface area contributed by atoms with E-state index in [2.05, 4.69) is 49.9 Å². The van der Waals surface area contributed by atoms with E-state index in [0.29, 0.717) is 29.3 Å². The Kier molecular flexibility index (Phi) is 7.80. The molecule has 0 spiro atoms. The zero-order valence-electron chi connectivity index (χ0n) is 21.9. The van der Waals surface area contributed by atoms with Crippen LogP contribution in [0.5, 0.6) is 0 Å². The molecule has 0 atom stereocenters. The first-order valence-electron chi connectivity index (χ1n) is 13.1. The third-order valence-electron chi connectivity index (χ3n) is 6.75. The molecule has 6 nitrogen and oxygen atoms in total. The number of anilines is 1. The number of amides is 1. The number of hydrogen-bond acceptors (Lipinski definition) is 4.